The van der Waals surface area contributed by atoms with Crippen molar-refractivity contribution in [3.05, 3.63) is 35.4 Å². The van der Waals surface area contributed by atoms with Crippen LogP contribution in [0.15, 0.2) is 24.3 Å². The van der Waals surface area contributed by atoms with E-state index >= 15 is 0 Å². The fraction of sp³-hybridized carbons (Fsp3) is 0.611. The number of likely N-dealkylation sites (tertiary alicyclic amines) is 1. The van der Waals surface area contributed by atoms with Crippen molar-refractivity contribution in [2.24, 2.45) is 0 Å². The van der Waals surface area contributed by atoms with E-state index in [1.54, 1.807) is 0 Å². The zero-order valence-corrected chi connectivity index (χ0v) is 13.6. The Hall–Kier alpha value is -1.19. The summed E-state index contributed by atoms with van der Waals surface area (Å²) in [6.45, 7) is 4.85. The molecule has 1 saturated heterocycles. The minimum absolute atomic E-state index is 0.223. The van der Waals surface area contributed by atoms with Crippen molar-refractivity contribution in [1.29, 1.82) is 0 Å². The predicted octanol–water partition coefficient (Wildman–Crippen LogP) is 2.85. The summed E-state index contributed by atoms with van der Waals surface area (Å²) in [7, 11) is 4.23. The first-order chi connectivity index (χ1) is 10.1. The highest BCUT2D eigenvalue weighted by Gasteiger charge is 2.22. The van der Waals surface area contributed by atoms with Crippen LogP contribution in [0.2, 0.25) is 0 Å². The van der Waals surface area contributed by atoms with Gasteiger partial charge in [0.2, 0.25) is 0 Å². The summed E-state index contributed by atoms with van der Waals surface area (Å²) < 4.78 is 0. The van der Waals surface area contributed by atoms with Gasteiger partial charge in [-0.3, -0.25) is 9.69 Å². The average Bonchev–Trinajstić information content (AvgIpc) is 2.85. The first kappa shape index (κ1) is 16.2. The molecule has 0 spiro atoms. The maximum absolute atomic E-state index is 12.3. The van der Waals surface area contributed by atoms with Gasteiger partial charge in [0.15, 0.2) is 5.78 Å². The van der Waals surface area contributed by atoms with Crippen LogP contribution in [0.25, 0.3) is 0 Å². The molecule has 3 nitrogen and oxygen atoms in total. The van der Waals surface area contributed by atoms with Gasteiger partial charge in [0, 0.05) is 18.2 Å². The Morgan fingerprint density at radius 2 is 2.05 bits per heavy atom. The summed E-state index contributed by atoms with van der Waals surface area (Å²) in [4.78, 5) is 16.9. The van der Waals surface area contributed by atoms with Crippen molar-refractivity contribution in [2.75, 3.05) is 33.7 Å². The van der Waals surface area contributed by atoms with Gasteiger partial charge < -0.3 is 4.90 Å². The molecule has 0 amide bonds. The standard InChI is InChI=1S/C18H28N2O/c1-4-6-15-8-10-16(11-9-15)18(21)14-19(2)13-17-7-5-12-20(17)3/h8-11,17H,4-7,12-14H2,1-3H3. The number of benzene rings is 1. The molecule has 1 aromatic rings. The van der Waals surface area contributed by atoms with Crippen LogP contribution in [0, 0.1) is 0 Å². The molecule has 21 heavy (non-hydrogen) atoms. The van der Waals surface area contributed by atoms with Crippen molar-refractivity contribution < 1.29 is 4.79 Å². The average molecular weight is 288 g/mol. The maximum atomic E-state index is 12.3. The molecular formula is C18H28N2O. The van der Waals surface area contributed by atoms with Gasteiger partial charge in [0.05, 0.1) is 6.54 Å². The Kier molecular flexibility index (Phi) is 5.95. The van der Waals surface area contributed by atoms with Crippen LogP contribution < -0.4 is 0 Å². The lowest BCUT2D eigenvalue weighted by Gasteiger charge is -2.25. The lowest BCUT2D eigenvalue weighted by Crippen LogP contribution is -2.38. The van der Waals surface area contributed by atoms with E-state index in [4.69, 9.17) is 0 Å². The van der Waals surface area contributed by atoms with Crippen LogP contribution >= 0.6 is 0 Å². The molecule has 1 atom stereocenters. The SMILES string of the molecule is CCCc1ccc(C(=O)CN(C)CC2CCCN2C)cc1. The first-order valence-corrected chi connectivity index (χ1v) is 8.11. The van der Waals surface area contributed by atoms with Crippen LogP contribution in [0.1, 0.15) is 42.1 Å². The molecule has 1 aromatic carbocycles. The van der Waals surface area contributed by atoms with E-state index in [0.29, 0.717) is 12.6 Å². The Morgan fingerprint density at radius 3 is 2.62 bits per heavy atom. The summed E-state index contributed by atoms with van der Waals surface area (Å²) in [6.07, 6.45) is 4.76. The van der Waals surface area contributed by atoms with Gasteiger partial charge in [0.25, 0.3) is 0 Å². The molecular weight excluding hydrogens is 260 g/mol. The fourth-order valence-corrected chi connectivity index (χ4v) is 3.12. The number of nitrogens with zero attached hydrogens (tertiary/aromatic N) is 2. The van der Waals surface area contributed by atoms with E-state index in [1.165, 1.54) is 24.9 Å². The summed E-state index contributed by atoms with van der Waals surface area (Å²) in [5.41, 5.74) is 2.15. The van der Waals surface area contributed by atoms with Gasteiger partial charge in [-0.15, -0.1) is 0 Å². The molecule has 1 aliphatic heterocycles. The zero-order valence-electron chi connectivity index (χ0n) is 13.6. The largest absolute Gasteiger partial charge is 0.302 e. The van der Waals surface area contributed by atoms with Crippen molar-refractivity contribution >= 4 is 5.78 Å². The Morgan fingerprint density at radius 1 is 1.33 bits per heavy atom. The highest BCUT2D eigenvalue weighted by molar-refractivity contribution is 5.97. The molecule has 1 heterocycles. The van der Waals surface area contributed by atoms with E-state index in [0.717, 1.165) is 24.9 Å². The predicted molar refractivity (Wildman–Crippen MR) is 87.9 cm³/mol. The molecule has 1 fully saturated rings. The molecule has 0 aliphatic carbocycles. The van der Waals surface area contributed by atoms with E-state index in [9.17, 15) is 4.79 Å². The molecule has 1 aliphatic rings. The summed E-state index contributed by atoms with van der Waals surface area (Å²) in [5.74, 6) is 0.223. The molecule has 3 heteroatoms. The van der Waals surface area contributed by atoms with Crippen molar-refractivity contribution in [2.45, 2.75) is 38.6 Å². The van der Waals surface area contributed by atoms with E-state index in [-0.39, 0.29) is 5.78 Å². The van der Waals surface area contributed by atoms with Crippen LogP contribution in [0.5, 0.6) is 0 Å². The molecule has 0 N–H and O–H groups in total. The fourth-order valence-electron chi connectivity index (χ4n) is 3.12. The number of carbonyl (C=O) groups excluding carboxylic acids is 1. The van der Waals surface area contributed by atoms with E-state index in [2.05, 4.69) is 43.0 Å². The lowest BCUT2D eigenvalue weighted by molar-refractivity contribution is 0.0932. The van der Waals surface area contributed by atoms with Crippen LogP contribution in [-0.4, -0.2) is 55.4 Å². The number of likely N-dealkylation sites (N-methyl/N-ethyl adjacent to an activating group) is 2. The number of ketones is 1. The topological polar surface area (TPSA) is 23.6 Å². The minimum Gasteiger partial charge on any atom is -0.302 e. The number of aryl methyl sites for hydroxylation is 1. The molecule has 0 saturated carbocycles. The van der Waals surface area contributed by atoms with Gasteiger partial charge in [-0.2, -0.15) is 0 Å². The lowest BCUT2D eigenvalue weighted by atomic mass is 10.0. The van der Waals surface area contributed by atoms with E-state index < -0.39 is 0 Å². The smallest absolute Gasteiger partial charge is 0.176 e. The second kappa shape index (κ2) is 7.71. The number of hydrogen-bond acceptors (Lipinski definition) is 3. The third kappa shape index (κ3) is 4.65. The Balaban J connectivity index is 1.85. The molecule has 0 bridgehead atoms. The van der Waals surface area contributed by atoms with Gasteiger partial charge in [-0.05, 0) is 45.5 Å². The van der Waals surface area contributed by atoms with Crippen LogP contribution in [-0.2, 0) is 6.42 Å². The minimum atomic E-state index is 0.223. The summed E-state index contributed by atoms with van der Waals surface area (Å²) in [5, 5.41) is 0. The maximum Gasteiger partial charge on any atom is 0.176 e. The third-order valence-electron chi connectivity index (χ3n) is 4.42. The normalized spacial score (nSPS) is 19.3. The van der Waals surface area contributed by atoms with Crippen LogP contribution in [0.4, 0.5) is 0 Å². The molecule has 0 aromatic heterocycles. The first-order valence-electron chi connectivity index (χ1n) is 8.11. The van der Waals surface area contributed by atoms with Gasteiger partial charge >= 0.3 is 0 Å². The van der Waals surface area contributed by atoms with Crippen molar-refractivity contribution in [1.82, 2.24) is 9.80 Å². The second-order valence-electron chi connectivity index (χ2n) is 6.34. The third-order valence-corrected chi connectivity index (χ3v) is 4.42. The quantitative estimate of drug-likeness (QED) is 0.721. The summed E-state index contributed by atoms with van der Waals surface area (Å²) >= 11 is 0. The van der Waals surface area contributed by atoms with E-state index in [1.807, 2.05) is 12.1 Å². The highest BCUT2D eigenvalue weighted by atomic mass is 16.1. The number of carbonyl (C=O) groups is 1. The highest BCUT2D eigenvalue weighted by Crippen LogP contribution is 2.15. The second-order valence-corrected chi connectivity index (χ2v) is 6.34. The van der Waals surface area contributed by atoms with Gasteiger partial charge in [-0.1, -0.05) is 37.6 Å². The van der Waals surface area contributed by atoms with Crippen molar-refractivity contribution in [3.8, 4) is 0 Å². The Labute approximate surface area is 128 Å². The molecule has 2 rings (SSSR count). The van der Waals surface area contributed by atoms with Gasteiger partial charge in [0.1, 0.15) is 0 Å². The monoisotopic (exact) mass is 288 g/mol. The zero-order chi connectivity index (χ0) is 15.2. The summed E-state index contributed by atoms with van der Waals surface area (Å²) in [6, 6.07) is 8.73. The van der Waals surface area contributed by atoms with Gasteiger partial charge in [-0.25, -0.2) is 0 Å². The van der Waals surface area contributed by atoms with Crippen LogP contribution in [0.3, 0.4) is 0 Å². The number of rotatable bonds is 7. The molecule has 116 valence electrons. The number of Topliss-reactive ketones (excluding diaryl/α,β-unsaturated/α-hetero) is 1. The van der Waals surface area contributed by atoms with Crippen molar-refractivity contribution in [3.63, 3.8) is 0 Å². The molecule has 1 unspecified atom stereocenters. The molecule has 0 radical (unpaired) electrons. The Bertz CT molecular complexity index is 455. The number of hydrogen-bond donors (Lipinski definition) is 0.